The number of aromatic nitrogens is 1. The van der Waals surface area contributed by atoms with Crippen molar-refractivity contribution in [3.63, 3.8) is 0 Å². The highest BCUT2D eigenvalue weighted by molar-refractivity contribution is 7.99. The molecule has 2 aliphatic heterocycles. The van der Waals surface area contributed by atoms with Gasteiger partial charge in [0.05, 0.1) is 24.7 Å². The van der Waals surface area contributed by atoms with E-state index < -0.39 is 0 Å². The van der Waals surface area contributed by atoms with E-state index in [0.717, 1.165) is 20.9 Å². The number of hydrogen-bond donors (Lipinski definition) is 0. The van der Waals surface area contributed by atoms with Gasteiger partial charge in [-0.05, 0) is 60.5 Å². The molecule has 0 radical (unpaired) electrons. The van der Waals surface area contributed by atoms with Gasteiger partial charge in [-0.3, -0.25) is 9.78 Å². The van der Waals surface area contributed by atoms with E-state index in [1.165, 1.54) is 23.9 Å². The summed E-state index contributed by atoms with van der Waals surface area (Å²) < 4.78 is 13.2. The van der Waals surface area contributed by atoms with Crippen molar-refractivity contribution >= 4 is 17.7 Å². The predicted octanol–water partition coefficient (Wildman–Crippen LogP) is 4.42. The monoisotopic (exact) mass is 430 g/mol. The number of nitrogens with zero attached hydrogens (tertiary/aromatic N) is 4. The molecule has 5 nitrogen and oxygen atoms in total. The largest absolute Gasteiger partial charge is 0.324 e. The van der Waals surface area contributed by atoms with Crippen LogP contribution in [0.1, 0.15) is 17.3 Å². The topological polar surface area (TPSA) is 60.0 Å². The number of likely N-dealkylation sites (tertiary alicyclic amines) is 1. The normalized spacial score (nSPS) is 21.5. The highest BCUT2D eigenvalue weighted by Gasteiger charge is 2.60. The Balaban J connectivity index is 1.34. The zero-order valence-electron chi connectivity index (χ0n) is 16.8. The first-order valence-electron chi connectivity index (χ1n) is 10.0. The molecule has 0 N–H and O–H groups in total. The SMILES string of the molecule is CC1[C@H]2C(CN1C#N)N2C(=O)c1ccc(-c2ccncc2Sc2ccc(F)cc2)cc1. The zero-order chi connectivity index (χ0) is 21.5. The molecular formula is C24H19FN4OS. The molecule has 1 aromatic heterocycles. The Morgan fingerprint density at radius 1 is 1.16 bits per heavy atom. The third kappa shape index (κ3) is 3.53. The van der Waals surface area contributed by atoms with Crippen LogP contribution in [-0.2, 0) is 0 Å². The molecule has 2 fully saturated rings. The van der Waals surface area contributed by atoms with Crippen molar-refractivity contribution in [1.82, 2.24) is 14.8 Å². The van der Waals surface area contributed by atoms with Gasteiger partial charge in [0.1, 0.15) is 5.82 Å². The average molecular weight is 431 g/mol. The van der Waals surface area contributed by atoms with E-state index in [-0.39, 0.29) is 29.8 Å². The molecule has 7 heteroatoms. The second-order valence-electron chi connectivity index (χ2n) is 7.77. The molecule has 0 aliphatic carbocycles. The third-order valence-corrected chi connectivity index (χ3v) is 7.04. The highest BCUT2D eigenvalue weighted by atomic mass is 32.2. The Hall–Kier alpha value is -3.37. The lowest BCUT2D eigenvalue weighted by atomic mass is 10.0. The fraction of sp³-hybridized carbons (Fsp3) is 0.208. The van der Waals surface area contributed by atoms with Crippen molar-refractivity contribution < 1.29 is 9.18 Å². The first-order chi connectivity index (χ1) is 15.1. The Morgan fingerprint density at radius 3 is 2.55 bits per heavy atom. The minimum atomic E-state index is -0.263. The maximum atomic E-state index is 13.2. The van der Waals surface area contributed by atoms with Crippen molar-refractivity contribution in [3.05, 3.63) is 78.4 Å². The predicted molar refractivity (Wildman–Crippen MR) is 116 cm³/mol. The molecule has 5 rings (SSSR count). The summed E-state index contributed by atoms with van der Waals surface area (Å²) in [6, 6.07) is 16.3. The van der Waals surface area contributed by atoms with Crippen LogP contribution in [0.4, 0.5) is 4.39 Å². The number of amides is 1. The number of halogens is 1. The van der Waals surface area contributed by atoms with E-state index in [1.54, 1.807) is 29.4 Å². The van der Waals surface area contributed by atoms with Crippen LogP contribution in [0.5, 0.6) is 0 Å². The van der Waals surface area contributed by atoms with Crippen LogP contribution in [0.15, 0.2) is 76.8 Å². The number of nitriles is 1. The minimum absolute atomic E-state index is 0.0154. The number of rotatable bonds is 4. The van der Waals surface area contributed by atoms with Crippen LogP contribution in [0.2, 0.25) is 0 Å². The average Bonchev–Trinajstić information content (AvgIpc) is 3.42. The van der Waals surface area contributed by atoms with Crippen molar-refractivity contribution in [2.24, 2.45) is 0 Å². The van der Waals surface area contributed by atoms with Crippen molar-refractivity contribution in [2.75, 3.05) is 6.54 Å². The van der Waals surface area contributed by atoms with Gasteiger partial charge in [-0.2, -0.15) is 5.26 Å². The summed E-state index contributed by atoms with van der Waals surface area (Å²) in [5.41, 5.74) is 2.64. The third-order valence-electron chi connectivity index (χ3n) is 5.98. The van der Waals surface area contributed by atoms with Gasteiger partial charge in [0.2, 0.25) is 0 Å². The summed E-state index contributed by atoms with van der Waals surface area (Å²) >= 11 is 1.52. The fourth-order valence-electron chi connectivity index (χ4n) is 4.29. The minimum Gasteiger partial charge on any atom is -0.324 e. The summed E-state index contributed by atoms with van der Waals surface area (Å²) in [6.45, 7) is 2.61. The molecule has 154 valence electrons. The maximum Gasteiger partial charge on any atom is 0.254 e. The van der Waals surface area contributed by atoms with E-state index in [0.29, 0.717) is 12.1 Å². The van der Waals surface area contributed by atoms with Crippen LogP contribution >= 0.6 is 11.8 Å². The quantitative estimate of drug-likeness (QED) is 0.453. The summed E-state index contributed by atoms with van der Waals surface area (Å²) in [7, 11) is 0. The van der Waals surface area contributed by atoms with Gasteiger partial charge in [0.25, 0.3) is 5.91 Å². The Kier molecular flexibility index (Phi) is 4.87. The standard InChI is InChI=1S/C24H19FN4OS/c1-15-23-21(13-28(15)14-26)29(23)24(30)17-4-2-16(3-5-17)20-10-11-27-12-22(20)31-19-8-6-18(25)7-9-19/h2-12,15,21,23H,13H2,1H3/t15?,21?,23-,29?/m0/s1. The van der Waals surface area contributed by atoms with E-state index in [4.69, 9.17) is 5.26 Å². The number of carbonyl (C=O) groups is 1. The fourth-order valence-corrected chi connectivity index (χ4v) is 5.23. The molecule has 3 aromatic rings. The van der Waals surface area contributed by atoms with Crippen LogP contribution in [0.3, 0.4) is 0 Å². The van der Waals surface area contributed by atoms with Crippen LogP contribution in [0.25, 0.3) is 11.1 Å². The lowest BCUT2D eigenvalue weighted by Gasteiger charge is -2.21. The molecule has 2 unspecified atom stereocenters. The lowest BCUT2D eigenvalue weighted by Crippen LogP contribution is -2.35. The molecule has 0 spiro atoms. The van der Waals surface area contributed by atoms with Gasteiger partial charge in [-0.25, -0.2) is 4.39 Å². The van der Waals surface area contributed by atoms with E-state index >= 15 is 0 Å². The molecule has 1 amide bonds. The molecule has 3 atom stereocenters. The first kappa shape index (κ1) is 19.6. The summed E-state index contributed by atoms with van der Waals surface area (Å²) in [5, 5.41) is 9.13. The first-order valence-corrected chi connectivity index (χ1v) is 10.9. The van der Waals surface area contributed by atoms with Crippen molar-refractivity contribution in [1.29, 1.82) is 5.26 Å². The zero-order valence-corrected chi connectivity index (χ0v) is 17.6. The van der Waals surface area contributed by atoms with Gasteiger partial charge in [-0.15, -0.1) is 0 Å². The highest BCUT2D eigenvalue weighted by Crippen LogP contribution is 2.41. The number of fused-ring (bicyclic) bond motifs is 1. The number of hydrogen-bond acceptors (Lipinski definition) is 5. The number of carbonyl (C=O) groups excluding carboxylic acids is 1. The second kappa shape index (κ2) is 7.71. The lowest BCUT2D eigenvalue weighted by molar-refractivity contribution is 0.0832. The molecule has 2 aromatic carbocycles. The summed E-state index contributed by atoms with van der Waals surface area (Å²) in [6.07, 6.45) is 5.73. The molecule has 0 saturated carbocycles. The molecular weight excluding hydrogens is 411 g/mol. The second-order valence-corrected chi connectivity index (χ2v) is 8.88. The van der Waals surface area contributed by atoms with Crippen molar-refractivity contribution in [2.45, 2.75) is 34.8 Å². The number of pyridine rings is 1. The molecule has 3 heterocycles. The van der Waals surface area contributed by atoms with Crippen molar-refractivity contribution in [3.8, 4) is 17.3 Å². The van der Waals surface area contributed by atoms with Crippen LogP contribution in [-0.4, -0.2) is 45.4 Å². The molecule has 0 bridgehead atoms. The van der Waals surface area contributed by atoms with Gasteiger partial charge >= 0.3 is 0 Å². The Labute approximate surface area is 184 Å². The van der Waals surface area contributed by atoms with Gasteiger partial charge < -0.3 is 9.80 Å². The van der Waals surface area contributed by atoms with Gasteiger partial charge in [-0.1, -0.05) is 23.9 Å². The Bertz CT molecular complexity index is 1180. The molecule has 2 saturated heterocycles. The number of piperazine rings is 1. The van der Waals surface area contributed by atoms with E-state index in [1.807, 2.05) is 42.2 Å². The Morgan fingerprint density at radius 2 is 1.90 bits per heavy atom. The smallest absolute Gasteiger partial charge is 0.254 e. The molecule has 31 heavy (non-hydrogen) atoms. The van der Waals surface area contributed by atoms with Crippen LogP contribution < -0.4 is 0 Å². The molecule has 2 aliphatic rings. The summed E-state index contributed by atoms with van der Waals surface area (Å²) in [5.74, 6) is -0.247. The maximum absolute atomic E-state index is 13.2. The van der Waals surface area contributed by atoms with Crippen LogP contribution in [0, 0.1) is 17.3 Å². The van der Waals surface area contributed by atoms with E-state index in [2.05, 4.69) is 11.2 Å². The van der Waals surface area contributed by atoms with Gasteiger partial charge in [0, 0.05) is 27.7 Å². The van der Waals surface area contributed by atoms with E-state index in [9.17, 15) is 9.18 Å². The number of benzene rings is 2. The summed E-state index contributed by atoms with van der Waals surface area (Å²) in [4.78, 5) is 22.7. The van der Waals surface area contributed by atoms with Gasteiger partial charge in [0.15, 0.2) is 6.19 Å².